The zero-order chi connectivity index (χ0) is 14.4. The third-order valence-corrected chi connectivity index (χ3v) is 4.21. The highest BCUT2D eigenvalue weighted by Gasteiger charge is 2.51. The summed E-state index contributed by atoms with van der Waals surface area (Å²) in [6, 6.07) is 8.11. The van der Waals surface area contributed by atoms with E-state index in [0.717, 1.165) is 16.9 Å². The third kappa shape index (κ3) is 2.86. The third-order valence-electron chi connectivity index (χ3n) is 4.21. The first-order valence-electron chi connectivity index (χ1n) is 6.84. The predicted molar refractivity (Wildman–Crippen MR) is 87.0 cm³/mol. The summed E-state index contributed by atoms with van der Waals surface area (Å²) >= 11 is 0. The van der Waals surface area contributed by atoms with Crippen molar-refractivity contribution in [3.63, 3.8) is 0 Å². The first kappa shape index (κ1) is 16.1. The number of H-pyrrole nitrogens is 1. The number of hydrogen-bond donors (Lipinski definition) is 1. The van der Waals surface area contributed by atoms with Gasteiger partial charge in [0.15, 0.2) is 0 Å². The molecule has 0 bridgehead atoms. The van der Waals surface area contributed by atoms with Gasteiger partial charge in [0.25, 0.3) is 0 Å². The van der Waals surface area contributed by atoms with Gasteiger partial charge in [-0.05, 0) is 33.2 Å². The van der Waals surface area contributed by atoms with Crippen LogP contribution in [0.1, 0.15) is 27.7 Å². The molecule has 0 aliphatic carbocycles. The summed E-state index contributed by atoms with van der Waals surface area (Å²) in [5.74, 6) is 0.866. The van der Waals surface area contributed by atoms with Crippen molar-refractivity contribution in [2.75, 3.05) is 0 Å². The van der Waals surface area contributed by atoms with Crippen molar-refractivity contribution in [1.82, 2.24) is 9.97 Å². The van der Waals surface area contributed by atoms with Gasteiger partial charge in [-0.15, -0.1) is 12.4 Å². The Balaban J connectivity index is 0.00000161. The highest BCUT2D eigenvalue weighted by atomic mass is 35.5. The number of aromatic nitrogens is 2. The van der Waals surface area contributed by atoms with E-state index in [1.807, 2.05) is 30.5 Å². The van der Waals surface area contributed by atoms with E-state index in [9.17, 15) is 0 Å². The number of rotatable bonds is 2. The van der Waals surface area contributed by atoms with E-state index in [-0.39, 0.29) is 30.7 Å². The largest absolute Gasteiger partial charge is 0.494 e. The fraction of sp³-hybridized carbons (Fsp3) is 0.400. The Morgan fingerprint density at radius 1 is 1.00 bits per heavy atom. The zero-order valence-corrected chi connectivity index (χ0v) is 13.5. The minimum absolute atomic E-state index is 0. The summed E-state index contributed by atoms with van der Waals surface area (Å²) in [5.41, 5.74) is 1.46. The standard InChI is InChI=1S/C15H19BN2O2.ClH/c1-14(2)15(3,4)20-16(19-14)12-7-5-11(6-8-12)13-17-9-10-18-13;/h5-10H,1-4H3,(H,17,18);1H. The molecule has 2 aromatic rings. The van der Waals surface area contributed by atoms with E-state index in [0.29, 0.717) is 0 Å². The number of hydrogen-bond acceptors (Lipinski definition) is 3. The summed E-state index contributed by atoms with van der Waals surface area (Å²) in [6.45, 7) is 8.24. The molecular formula is C15H20BClN2O2. The summed E-state index contributed by atoms with van der Waals surface area (Å²) in [7, 11) is -0.314. The number of nitrogens with one attached hydrogen (secondary N) is 1. The monoisotopic (exact) mass is 306 g/mol. The topological polar surface area (TPSA) is 47.1 Å². The van der Waals surface area contributed by atoms with Crippen LogP contribution in [0, 0.1) is 0 Å². The van der Waals surface area contributed by atoms with Crippen molar-refractivity contribution >= 4 is 25.0 Å². The molecule has 2 heterocycles. The van der Waals surface area contributed by atoms with Gasteiger partial charge in [-0.25, -0.2) is 4.98 Å². The molecular weight excluding hydrogens is 286 g/mol. The zero-order valence-electron chi connectivity index (χ0n) is 12.7. The molecule has 0 spiro atoms. The van der Waals surface area contributed by atoms with Crippen molar-refractivity contribution in [2.24, 2.45) is 0 Å². The van der Waals surface area contributed by atoms with Crippen LogP contribution in [0.2, 0.25) is 0 Å². The average molecular weight is 307 g/mol. The Morgan fingerprint density at radius 3 is 2.05 bits per heavy atom. The first-order valence-corrected chi connectivity index (χ1v) is 6.84. The summed E-state index contributed by atoms with van der Waals surface area (Å²) in [6.07, 6.45) is 3.56. The van der Waals surface area contributed by atoms with E-state index in [4.69, 9.17) is 9.31 Å². The van der Waals surface area contributed by atoms with Crippen LogP contribution in [-0.2, 0) is 9.31 Å². The van der Waals surface area contributed by atoms with Crippen molar-refractivity contribution in [2.45, 2.75) is 38.9 Å². The average Bonchev–Trinajstić information content (AvgIpc) is 2.97. The summed E-state index contributed by atoms with van der Waals surface area (Å²) < 4.78 is 12.1. The molecule has 4 nitrogen and oxygen atoms in total. The van der Waals surface area contributed by atoms with Gasteiger partial charge >= 0.3 is 7.12 Å². The second-order valence-corrected chi connectivity index (χ2v) is 6.15. The van der Waals surface area contributed by atoms with Crippen LogP contribution in [-0.4, -0.2) is 28.3 Å². The quantitative estimate of drug-likeness (QED) is 0.868. The van der Waals surface area contributed by atoms with Gasteiger partial charge in [-0.2, -0.15) is 0 Å². The smallest absolute Gasteiger partial charge is 0.399 e. The Kier molecular flexibility index (Phi) is 4.20. The van der Waals surface area contributed by atoms with E-state index < -0.39 is 0 Å². The minimum atomic E-state index is -0.314. The maximum Gasteiger partial charge on any atom is 0.494 e. The molecule has 1 saturated heterocycles. The number of benzene rings is 1. The van der Waals surface area contributed by atoms with Gasteiger partial charge in [0.2, 0.25) is 0 Å². The molecule has 6 heteroatoms. The molecule has 3 rings (SSSR count). The molecule has 1 aromatic heterocycles. The highest BCUT2D eigenvalue weighted by molar-refractivity contribution is 6.62. The molecule has 1 aromatic carbocycles. The predicted octanol–water partition coefficient (Wildman–Crippen LogP) is 2.80. The van der Waals surface area contributed by atoms with Crippen LogP contribution >= 0.6 is 12.4 Å². The summed E-state index contributed by atoms with van der Waals surface area (Å²) in [5, 5.41) is 0. The van der Waals surface area contributed by atoms with Crippen LogP contribution in [0.3, 0.4) is 0 Å². The maximum absolute atomic E-state index is 6.04. The SMILES string of the molecule is CC1(C)OB(c2ccc(-c3ncc[nH]3)cc2)OC1(C)C.Cl. The van der Waals surface area contributed by atoms with Crippen molar-refractivity contribution < 1.29 is 9.31 Å². The fourth-order valence-corrected chi connectivity index (χ4v) is 2.20. The molecule has 1 N–H and O–H groups in total. The number of nitrogens with zero attached hydrogens (tertiary/aromatic N) is 1. The minimum Gasteiger partial charge on any atom is -0.399 e. The molecule has 0 radical (unpaired) electrons. The molecule has 0 amide bonds. The molecule has 0 unspecified atom stereocenters. The lowest BCUT2D eigenvalue weighted by Gasteiger charge is -2.32. The van der Waals surface area contributed by atoms with Gasteiger partial charge in [0.05, 0.1) is 11.2 Å². The number of aromatic amines is 1. The second kappa shape index (κ2) is 5.48. The highest BCUT2D eigenvalue weighted by Crippen LogP contribution is 2.36. The van der Waals surface area contributed by atoms with Crippen molar-refractivity contribution in [1.29, 1.82) is 0 Å². The molecule has 0 atom stereocenters. The van der Waals surface area contributed by atoms with Crippen molar-refractivity contribution in [3.05, 3.63) is 36.7 Å². The van der Waals surface area contributed by atoms with Gasteiger partial charge < -0.3 is 14.3 Å². The van der Waals surface area contributed by atoms with Gasteiger partial charge in [-0.1, -0.05) is 24.3 Å². The number of halogens is 1. The molecule has 1 fully saturated rings. The molecule has 21 heavy (non-hydrogen) atoms. The van der Waals surface area contributed by atoms with Crippen LogP contribution in [0.4, 0.5) is 0 Å². The van der Waals surface area contributed by atoms with Crippen LogP contribution in [0.5, 0.6) is 0 Å². The van der Waals surface area contributed by atoms with Crippen LogP contribution < -0.4 is 5.46 Å². The Bertz CT molecular complexity index is 581. The Morgan fingerprint density at radius 2 is 1.57 bits per heavy atom. The molecule has 112 valence electrons. The number of imidazole rings is 1. The lowest BCUT2D eigenvalue weighted by atomic mass is 9.79. The first-order chi connectivity index (χ1) is 9.39. The van der Waals surface area contributed by atoms with E-state index in [1.54, 1.807) is 6.20 Å². The fourth-order valence-electron chi connectivity index (χ4n) is 2.20. The lowest BCUT2D eigenvalue weighted by molar-refractivity contribution is 0.00578. The molecule has 0 saturated carbocycles. The lowest BCUT2D eigenvalue weighted by Crippen LogP contribution is -2.41. The van der Waals surface area contributed by atoms with Crippen LogP contribution in [0.15, 0.2) is 36.7 Å². The summed E-state index contributed by atoms with van der Waals surface area (Å²) in [4.78, 5) is 7.34. The van der Waals surface area contributed by atoms with Crippen molar-refractivity contribution in [3.8, 4) is 11.4 Å². The normalized spacial score (nSPS) is 19.3. The molecule has 1 aliphatic heterocycles. The molecule has 1 aliphatic rings. The van der Waals surface area contributed by atoms with E-state index >= 15 is 0 Å². The maximum atomic E-state index is 6.04. The van der Waals surface area contributed by atoms with Crippen LogP contribution in [0.25, 0.3) is 11.4 Å². The van der Waals surface area contributed by atoms with Gasteiger partial charge in [0.1, 0.15) is 5.82 Å². The second-order valence-electron chi connectivity index (χ2n) is 6.15. The van der Waals surface area contributed by atoms with Gasteiger partial charge in [-0.3, -0.25) is 0 Å². The van der Waals surface area contributed by atoms with Gasteiger partial charge in [0, 0.05) is 18.0 Å². The Hall–Kier alpha value is -1.30. The van der Waals surface area contributed by atoms with E-state index in [1.165, 1.54) is 0 Å². The Labute approximate surface area is 131 Å². The van der Waals surface area contributed by atoms with E-state index in [2.05, 4.69) is 37.7 Å².